The van der Waals surface area contributed by atoms with Crippen LogP contribution in [0.5, 0.6) is 11.5 Å². The van der Waals surface area contributed by atoms with Gasteiger partial charge in [0.1, 0.15) is 22.8 Å². The molecule has 0 unspecified atom stereocenters. The van der Waals surface area contributed by atoms with E-state index in [9.17, 15) is 28.2 Å². The zero-order valence-corrected chi connectivity index (χ0v) is 36.7. The second-order valence-electron chi connectivity index (χ2n) is 17.1. The number of amides is 1. The van der Waals surface area contributed by atoms with Gasteiger partial charge in [-0.2, -0.15) is 0 Å². The van der Waals surface area contributed by atoms with Crippen LogP contribution in [0.25, 0.3) is 16.6 Å². The molecule has 2 N–H and O–H groups in total. The first-order chi connectivity index (χ1) is 30.2. The van der Waals surface area contributed by atoms with Crippen LogP contribution in [0.3, 0.4) is 0 Å². The molecule has 1 aliphatic carbocycles. The first-order valence-corrected chi connectivity index (χ1v) is 22.8. The monoisotopic (exact) mass is 896 g/mol. The molecule has 2 aromatic heterocycles. The van der Waals surface area contributed by atoms with E-state index in [1.54, 1.807) is 24.4 Å². The highest BCUT2D eigenvalue weighted by Gasteiger charge is 2.32. The van der Waals surface area contributed by atoms with E-state index in [0.29, 0.717) is 50.5 Å². The zero-order chi connectivity index (χ0) is 44.3. The minimum Gasteiger partial charge on any atom is -0.455 e. The molecule has 0 radical (unpaired) electrons. The van der Waals surface area contributed by atoms with Crippen LogP contribution in [0.4, 0.5) is 17.1 Å². The third kappa shape index (κ3) is 10.2. The van der Waals surface area contributed by atoms with Gasteiger partial charge in [-0.1, -0.05) is 43.2 Å². The second-order valence-corrected chi connectivity index (χ2v) is 19.2. The Morgan fingerprint density at radius 2 is 1.83 bits per heavy atom. The van der Waals surface area contributed by atoms with Gasteiger partial charge in [0.25, 0.3) is 21.6 Å². The van der Waals surface area contributed by atoms with Gasteiger partial charge in [0, 0.05) is 86.9 Å². The number of ether oxygens (including phenoxy) is 2. The summed E-state index contributed by atoms with van der Waals surface area (Å²) in [7, 11) is -4.68. The number of halogens is 1. The number of benzene rings is 3. The second kappa shape index (κ2) is 18.5. The molecule has 2 fully saturated rings. The number of pyridine rings is 1. The number of nitrogens with one attached hydrogen (secondary N) is 2. The van der Waals surface area contributed by atoms with Gasteiger partial charge >= 0.3 is 0 Å². The van der Waals surface area contributed by atoms with Gasteiger partial charge in [0.05, 0.1) is 26.9 Å². The van der Waals surface area contributed by atoms with E-state index in [0.717, 1.165) is 78.2 Å². The smallest absolute Gasteiger partial charge is 0.295 e. The van der Waals surface area contributed by atoms with Gasteiger partial charge in [0.2, 0.25) is 0 Å². The Labute approximate surface area is 370 Å². The van der Waals surface area contributed by atoms with E-state index < -0.39 is 31.4 Å². The molecule has 5 aromatic rings. The summed E-state index contributed by atoms with van der Waals surface area (Å²) in [5.41, 5.74) is 4.80. The number of H-pyrrole nitrogens is 1. The average Bonchev–Trinajstić information content (AvgIpc) is 3.75. The standard InChI is InChI=1S/C45H49ClN8O8S/c1-45(2)15-11-33(39(26-45)31-3-5-34(46)6-4-31)29-51-17-19-52(20-18-51)35-7-9-38(42(24-35)62-36-23-32-12-16-47-43(32)48-27-36)44(55)49-63(59,60)37-8-10-40(41(25-37)54(57)58)53(50-56)28-30-13-21-61-22-14-30/h3-10,12,16,23-25,27,30H,11,13-15,17-22,26,28-29H2,1-2H3,(H,47,48)(H,49,55). The van der Waals surface area contributed by atoms with Crippen LogP contribution in [0.1, 0.15) is 61.9 Å². The normalized spacial score (nSPS) is 17.4. The van der Waals surface area contributed by atoms with Crippen LogP contribution in [0.2, 0.25) is 5.02 Å². The maximum absolute atomic E-state index is 14.0. The number of carbonyl (C=O) groups excluding carboxylic acids is 1. The zero-order valence-electron chi connectivity index (χ0n) is 35.1. The maximum Gasteiger partial charge on any atom is 0.295 e. The van der Waals surface area contributed by atoms with Gasteiger partial charge in [-0.25, -0.2) is 23.1 Å². The highest BCUT2D eigenvalue weighted by Crippen LogP contribution is 2.43. The van der Waals surface area contributed by atoms with Crippen molar-refractivity contribution in [1.82, 2.24) is 19.6 Å². The maximum atomic E-state index is 14.0. The van der Waals surface area contributed by atoms with Crippen molar-refractivity contribution < 1.29 is 27.6 Å². The molecule has 18 heteroatoms. The first-order valence-electron chi connectivity index (χ1n) is 21.0. The van der Waals surface area contributed by atoms with Crippen molar-refractivity contribution in [3.63, 3.8) is 0 Å². The van der Waals surface area contributed by atoms with Crippen molar-refractivity contribution in [3.8, 4) is 11.5 Å². The Hall–Kier alpha value is -5.88. The van der Waals surface area contributed by atoms with Gasteiger partial charge in [0.15, 0.2) is 0 Å². The van der Waals surface area contributed by atoms with E-state index in [1.807, 2.05) is 18.2 Å². The largest absolute Gasteiger partial charge is 0.455 e. The molecular weight excluding hydrogens is 848 g/mol. The molecule has 1 amide bonds. The summed E-state index contributed by atoms with van der Waals surface area (Å²) < 4.78 is 41.2. The molecule has 63 heavy (non-hydrogen) atoms. The average molecular weight is 897 g/mol. The third-order valence-electron chi connectivity index (χ3n) is 12.2. The van der Waals surface area contributed by atoms with Gasteiger partial charge in [-0.15, -0.1) is 4.91 Å². The molecule has 2 aliphatic heterocycles. The van der Waals surface area contributed by atoms with Gasteiger partial charge in [-0.05, 0) is 103 Å². The predicted molar refractivity (Wildman–Crippen MR) is 242 cm³/mol. The fourth-order valence-electron chi connectivity index (χ4n) is 8.60. The predicted octanol–water partition coefficient (Wildman–Crippen LogP) is 8.74. The summed E-state index contributed by atoms with van der Waals surface area (Å²) in [6.07, 6.45) is 7.68. The quantitative estimate of drug-likeness (QED) is 0.0613. The lowest BCUT2D eigenvalue weighted by molar-refractivity contribution is -0.384. The molecule has 4 heterocycles. The Morgan fingerprint density at radius 3 is 2.56 bits per heavy atom. The van der Waals surface area contributed by atoms with E-state index in [2.05, 4.69) is 55.8 Å². The highest BCUT2D eigenvalue weighted by molar-refractivity contribution is 7.90. The van der Waals surface area contributed by atoms with Crippen LogP contribution in [0.15, 0.2) is 101 Å². The van der Waals surface area contributed by atoms with Crippen molar-refractivity contribution in [3.05, 3.63) is 122 Å². The Balaban J connectivity index is 1.02. The summed E-state index contributed by atoms with van der Waals surface area (Å²) in [5, 5.41) is 17.7. The highest BCUT2D eigenvalue weighted by atomic mass is 35.5. The number of rotatable bonds is 14. The number of hydrogen-bond acceptors (Lipinski definition) is 12. The molecule has 2 saturated heterocycles. The molecule has 0 bridgehead atoms. The van der Waals surface area contributed by atoms with E-state index in [-0.39, 0.29) is 34.9 Å². The number of nitroso groups, excluding NO2 is 1. The summed E-state index contributed by atoms with van der Waals surface area (Å²) in [4.78, 5) is 48.8. The summed E-state index contributed by atoms with van der Waals surface area (Å²) in [6.45, 7) is 9.60. The minimum atomic E-state index is -4.68. The SMILES string of the molecule is CC1(C)CCC(CN2CCN(c3ccc(C(=O)NS(=O)(=O)c4ccc(N(CC5CCOCC5)N=O)c([N+](=O)[O-])c4)c(Oc4cnc5[nH]ccc5c4)c3)CC2)=C(c2ccc(Cl)cc2)C1. The molecule has 0 saturated carbocycles. The van der Waals surface area contributed by atoms with Crippen molar-refractivity contribution in [1.29, 1.82) is 0 Å². The lowest BCUT2D eigenvalue weighted by atomic mass is 9.72. The van der Waals surface area contributed by atoms with E-state index in [4.69, 9.17) is 21.1 Å². The topological polar surface area (TPSA) is 193 Å². The van der Waals surface area contributed by atoms with Gasteiger partial charge in [-0.3, -0.25) is 19.8 Å². The molecule has 3 aromatic carbocycles. The van der Waals surface area contributed by atoms with Crippen LogP contribution in [-0.2, 0) is 14.8 Å². The number of sulfonamides is 1. The summed E-state index contributed by atoms with van der Waals surface area (Å²) in [5.74, 6) is -0.607. The fraction of sp³-hybridized carbons (Fsp3) is 0.378. The lowest BCUT2D eigenvalue weighted by Gasteiger charge is -2.39. The first kappa shape index (κ1) is 43.8. The molecule has 0 atom stereocenters. The molecule has 3 aliphatic rings. The van der Waals surface area contributed by atoms with Crippen LogP contribution in [-0.4, -0.2) is 86.6 Å². The number of nitro benzene ring substituents is 1. The van der Waals surface area contributed by atoms with Crippen molar-refractivity contribution in [2.24, 2.45) is 16.6 Å². The number of nitrogens with zero attached hydrogens (tertiary/aromatic N) is 6. The summed E-state index contributed by atoms with van der Waals surface area (Å²) >= 11 is 6.24. The third-order valence-corrected chi connectivity index (χ3v) is 13.8. The number of fused-ring (bicyclic) bond motifs is 1. The van der Waals surface area contributed by atoms with Crippen LogP contribution < -0.4 is 19.4 Å². The van der Waals surface area contributed by atoms with Crippen LogP contribution >= 0.6 is 11.6 Å². The summed E-state index contributed by atoms with van der Waals surface area (Å²) in [6, 6.07) is 19.7. The fourth-order valence-corrected chi connectivity index (χ4v) is 9.71. The molecule has 8 rings (SSSR count). The van der Waals surface area contributed by atoms with E-state index >= 15 is 0 Å². The lowest BCUT2D eigenvalue weighted by Crippen LogP contribution is -2.47. The number of aromatic amines is 1. The van der Waals surface area contributed by atoms with E-state index in [1.165, 1.54) is 29.0 Å². The Morgan fingerprint density at radius 1 is 1.06 bits per heavy atom. The number of nitro groups is 1. The van der Waals surface area contributed by atoms with Crippen LogP contribution in [0, 0.1) is 26.4 Å². The minimum absolute atomic E-state index is 0.00107. The van der Waals surface area contributed by atoms with Gasteiger partial charge < -0.3 is 19.4 Å². The Kier molecular flexibility index (Phi) is 12.8. The number of piperazine rings is 1. The Bertz CT molecular complexity index is 2660. The molecular formula is C45H49ClN8O8S. The molecule has 330 valence electrons. The van der Waals surface area contributed by atoms with Crippen molar-refractivity contribution in [2.75, 3.05) is 62.4 Å². The number of aromatic nitrogens is 2. The number of anilines is 2. The number of hydrogen-bond donors (Lipinski definition) is 2. The number of allylic oxidation sites excluding steroid dienone is 1. The number of carbonyl (C=O) groups is 1. The van der Waals surface area contributed by atoms with Crippen molar-refractivity contribution >= 4 is 61.2 Å². The molecule has 0 spiro atoms. The van der Waals surface area contributed by atoms with Crippen molar-refractivity contribution in [2.45, 2.75) is 50.8 Å². The molecule has 16 nitrogen and oxygen atoms in total.